The lowest BCUT2D eigenvalue weighted by atomic mass is 10.2. The van der Waals surface area contributed by atoms with Gasteiger partial charge in [-0.3, -0.25) is 0 Å². The van der Waals surface area contributed by atoms with Crippen molar-refractivity contribution in [1.82, 2.24) is 0 Å². The Morgan fingerprint density at radius 3 is 1.29 bits per heavy atom. The van der Waals surface area contributed by atoms with Gasteiger partial charge in [0.15, 0.2) is 17.8 Å². The molecule has 0 bridgehead atoms. The van der Waals surface area contributed by atoms with Crippen LogP contribution >= 0.6 is 37.5 Å². The summed E-state index contributed by atoms with van der Waals surface area (Å²) < 4.78 is 36.6. The molecule has 0 heterocycles. The molecule has 0 unspecified atom stereocenters. The highest BCUT2D eigenvalue weighted by Gasteiger charge is 2.33. The van der Waals surface area contributed by atoms with Crippen LogP contribution in [-0.4, -0.2) is 26.2 Å². The van der Waals surface area contributed by atoms with Gasteiger partial charge < -0.3 is 14.0 Å². The van der Waals surface area contributed by atoms with Crippen molar-refractivity contribution < 1.29 is 28.2 Å². The van der Waals surface area contributed by atoms with E-state index in [0.717, 1.165) is 14.2 Å². The number of rotatable bonds is 7. The number of halogens is 1. The van der Waals surface area contributed by atoms with Crippen LogP contribution in [0, 0.1) is 3.57 Å². The van der Waals surface area contributed by atoms with Crippen LogP contribution in [0.2, 0.25) is 0 Å². The quantitative estimate of drug-likeness (QED) is 0.0938. The van der Waals surface area contributed by atoms with E-state index in [1.54, 1.807) is 30.3 Å². The molecule has 6 nitrogen and oxygen atoms in total. The lowest BCUT2D eigenvalue weighted by molar-refractivity contribution is 0.0592. The summed E-state index contributed by atoms with van der Waals surface area (Å²) in [5.74, 6) is -0.771. The third kappa shape index (κ3) is 9.70. The monoisotopic (exact) mass is 799 g/mol. The molecule has 6 rings (SSSR count). The molecule has 49 heavy (non-hydrogen) atoms. The maximum absolute atomic E-state index is 14.3. The van der Waals surface area contributed by atoms with Gasteiger partial charge >= 0.3 is 19.7 Å². The highest BCUT2D eigenvalue weighted by atomic mass is 127. The zero-order valence-electron chi connectivity index (χ0n) is 26.9. The van der Waals surface area contributed by atoms with E-state index in [4.69, 9.17) is 4.74 Å². The Bertz CT molecular complexity index is 1940. The average Bonchev–Trinajstić information content (AvgIpc) is 3.18. The molecule has 6 aromatic rings. The predicted molar refractivity (Wildman–Crippen MR) is 207 cm³/mol. The Hall–Kier alpha value is -4.68. The van der Waals surface area contributed by atoms with E-state index in [9.17, 15) is 18.7 Å². The minimum atomic E-state index is -3.18. The van der Waals surface area contributed by atoms with Crippen molar-refractivity contribution in [3.05, 3.63) is 185 Å². The van der Waals surface area contributed by atoms with Gasteiger partial charge in [-0.2, -0.15) is 0 Å². The summed E-state index contributed by atoms with van der Waals surface area (Å²) in [6.07, 6.45) is 0. The maximum Gasteiger partial charge on any atom is 0.415 e. The third-order valence-corrected chi connectivity index (χ3v) is 12.7. The van der Waals surface area contributed by atoms with Gasteiger partial charge in [-0.05, 0) is 71.1 Å². The first-order valence-corrected chi connectivity index (χ1v) is 19.1. The van der Waals surface area contributed by atoms with E-state index in [0.29, 0.717) is 27.0 Å². The molecule has 0 N–H and O–H groups in total. The molecule has 0 atom stereocenters. The molecule has 6 aromatic carbocycles. The van der Waals surface area contributed by atoms with Crippen molar-refractivity contribution in [2.45, 2.75) is 0 Å². The second-order valence-corrected chi connectivity index (χ2v) is 15.7. The molecule has 9 heteroatoms. The van der Waals surface area contributed by atoms with Crippen LogP contribution in [-0.2, 0) is 18.6 Å². The number of ether oxygens (including phenoxy) is 2. The Morgan fingerprint density at radius 2 is 0.857 bits per heavy atom. The van der Waals surface area contributed by atoms with Gasteiger partial charge in [0.05, 0.1) is 25.3 Å². The van der Waals surface area contributed by atoms with Crippen LogP contribution in [0.4, 0.5) is 0 Å². The van der Waals surface area contributed by atoms with Gasteiger partial charge in [-0.15, -0.1) is 0 Å². The van der Waals surface area contributed by atoms with E-state index < -0.39 is 20.9 Å². The van der Waals surface area contributed by atoms with Gasteiger partial charge in [-0.1, -0.05) is 126 Å². The van der Waals surface area contributed by atoms with Crippen molar-refractivity contribution in [2.75, 3.05) is 14.2 Å². The summed E-state index contributed by atoms with van der Waals surface area (Å²) in [5, 5.41) is 3.64. The van der Waals surface area contributed by atoms with Gasteiger partial charge in [-0.25, -0.2) is 9.59 Å². The van der Waals surface area contributed by atoms with E-state index in [2.05, 4.69) is 27.3 Å². The Morgan fingerprint density at radius 1 is 0.510 bits per heavy atom. The molecule has 0 spiro atoms. The Labute approximate surface area is 301 Å². The lowest BCUT2D eigenvalue weighted by Crippen LogP contribution is -2.29. The van der Waals surface area contributed by atoms with Gasteiger partial charge in [0, 0.05) is 19.5 Å². The highest BCUT2D eigenvalue weighted by molar-refractivity contribution is 14.1. The minimum absolute atomic E-state index is 0.282. The number of esters is 2. The largest absolute Gasteiger partial charge is 0.465 e. The van der Waals surface area contributed by atoms with Crippen LogP contribution in [0.5, 0.6) is 0 Å². The molecule has 0 radical (unpaired) electrons. The summed E-state index contributed by atoms with van der Waals surface area (Å²) >= 11 is 2.10. The number of hydrogen-bond donors (Lipinski definition) is 0. The standard InChI is InChI=1S/C20H17O3P.C12H10OP.C8H7IO2/c1-23-20(21)18-14-8-9-15-19(18)24(22,16-10-4-2-5-11-16)17-12-6-3-7-13-17;13-14(11-7-3-1-4-8-11)12-9-5-2-6-10-12;1-11-8(10)6-4-2-3-5-7(6)9/h2-15H,1H3;1-10H;2-5H,1H3/q;+1;. The summed E-state index contributed by atoms with van der Waals surface area (Å²) in [4.78, 5) is 23.2. The predicted octanol–water partition coefficient (Wildman–Crippen LogP) is 7.66. The molecule has 246 valence electrons. The highest BCUT2D eigenvalue weighted by Crippen LogP contribution is 2.43. The molecule has 0 saturated carbocycles. The molecule has 0 aliphatic carbocycles. The van der Waals surface area contributed by atoms with Crippen LogP contribution in [0.25, 0.3) is 0 Å². The van der Waals surface area contributed by atoms with Crippen molar-refractivity contribution >= 4 is 76.0 Å². The van der Waals surface area contributed by atoms with Gasteiger partial charge in [0.2, 0.25) is 0 Å². The molecule has 0 saturated heterocycles. The molecule has 0 aromatic heterocycles. The zero-order valence-corrected chi connectivity index (χ0v) is 30.8. The number of hydrogen-bond acceptors (Lipinski definition) is 6. The fraction of sp³-hybridized carbons (Fsp3) is 0.0500. The topological polar surface area (TPSA) is 86.7 Å². The SMILES string of the molecule is COC(=O)c1ccccc1I.COC(=O)c1ccccc1P(=O)(c1ccccc1)c1ccccc1.O=[P+](c1ccccc1)c1ccccc1. The van der Waals surface area contributed by atoms with Crippen LogP contribution in [0.15, 0.2) is 170 Å². The van der Waals surface area contributed by atoms with Crippen LogP contribution in [0.3, 0.4) is 0 Å². The minimum Gasteiger partial charge on any atom is -0.465 e. The summed E-state index contributed by atoms with van der Waals surface area (Å²) in [6, 6.07) is 51.8. The third-order valence-electron chi connectivity index (χ3n) is 7.15. The second-order valence-electron chi connectivity index (χ2n) is 10.2. The van der Waals surface area contributed by atoms with Crippen molar-refractivity contribution in [3.8, 4) is 0 Å². The summed E-state index contributed by atoms with van der Waals surface area (Å²) in [7, 11) is -1.89. The molecule has 0 fully saturated rings. The molecular weight excluding hydrogens is 765 g/mol. The number of carbonyl (C=O) groups is 2. The Balaban J connectivity index is 0.000000183. The average molecular weight is 800 g/mol. The van der Waals surface area contributed by atoms with Crippen molar-refractivity contribution in [1.29, 1.82) is 0 Å². The van der Waals surface area contributed by atoms with Crippen molar-refractivity contribution in [3.63, 3.8) is 0 Å². The fourth-order valence-corrected chi connectivity index (χ4v) is 9.38. The van der Waals surface area contributed by atoms with Crippen LogP contribution in [0.1, 0.15) is 20.7 Å². The van der Waals surface area contributed by atoms with E-state index in [-0.39, 0.29) is 5.97 Å². The van der Waals surface area contributed by atoms with E-state index >= 15 is 0 Å². The maximum atomic E-state index is 14.3. The van der Waals surface area contributed by atoms with Crippen LogP contribution < -0.4 is 26.5 Å². The first-order valence-electron chi connectivity index (χ1n) is 15.1. The summed E-state index contributed by atoms with van der Waals surface area (Å²) in [5.41, 5.74) is 0.951. The molecule has 0 amide bonds. The fourth-order valence-electron chi connectivity index (χ4n) is 4.75. The van der Waals surface area contributed by atoms with E-state index in [1.807, 2.05) is 140 Å². The Kier molecular flexibility index (Phi) is 14.2. The van der Waals surface area contributed by atoms with Gasteiger partial charge in [0.25, 0.3) is 0 Å². The summed E-state index contributed by atoms with van der Waals surface area (Å²) in [6.45, 7) is 0. The van der Waals surface area contributed by atoms with E-state index in [1.165, 1.54) is 14.2 Å². The normalized spacial score (nSPS) is 10.3. The molecule has 0 aliphatic heterocycles. The number of methoxy groups -OCH3 is 2. The first-order chi connectivity index (χ1) is 23.8. The number of benzene rings is 6. The first kappa shape index (κ1) is 37.1. The second kappa shape index (κ2) is 18.8. The van der Waals surface area contributed by atoms with Gasteiger partial charge in [0.1, 0.15) is 0 Å². The lowest BCUT2D eigenvalue weighted by Gasteiger charge is -2.21. The zero-order chi connectivity index (χ0) is 35.1. The molecule has 0 aliphatic rings. The van der Waals surface area contributed by atoms with Crippen molar-refractivity contribution in [2.24, 2.45) is 0 Å². The number of carbonyl (C=O) groups excluding carboxylic acids is 2. The molecular formula is C40H34IO6P2+. The smallest absolute Gasteiger partial charge is 0.415 e.